The average molecular weight is 383 g/mol. The van der Waals surface area contributed by atoms with E-state index in [1.165, 1.54) is 5.56 Å². The van der Waals surface area contributed by atoms with Crippen molar-refractivity contribution in [1.82, 2.24) is 19.9 Å². The Kier molecular flexibility index (Phi) is 4.78. The number of ether oxygens (including phenoxy) is 1. The highest BCUT2D eigenvalue weighted by Crippen LogP contribution is 2.43. The number of H-pyrrole nitrogens is 1. The Morgan fingerprint density at radius 3 is 2.89 bits per heavy atom. The van der Waals surface area contributed by atoms with Crippen molar-refractivity contribution >= 4 is 0 Å². The lowest BCUT2D eigenvalue weighted by molar-refractivity contribution is 0.136. The van der Waals surface area contributed by atoms with Crippen LogP contribution in [-0.4, -0.2) is 40.1 Å². The van der Waals surface area contributed by atoms with E-state index in [2.05, 4.69) is 35.6 Å². The number of nitrogens with one attached hydrogen (secondary N) is 1. The molecule has 4 rings (SSSR count). The largest absolute Gasteiger partial charge is 0.481 e. The number of likely N-dealkylation sites (tertiary alicyclic amines) is 1. The highest BCUT2D eigenvalue weighted by atomic mass is 16.5. The second-order valence-electron chi connectivity index (χ2n) is 9.29. The van der Waals surface area contributed by atoms with Crippen molar-refractivity contribution < 1.29 is 4.74 Å². The topological polar surface area (TPSA) is 71.1 Å². The molecule has 0 radical (unpaired) electrons. The maximum absolute atomic E-state index is 12.7. The van der Waals surface area contributed by atoms with Crippen LogP contribution in [0.15, 0.2) is 23.1 Å². The Labute approximate surface area is 166 Å². The van der Waals surface area contributed by atoms with Gasteiger partial charge in [-0.2, -0.15) is 0 Å². The number of hydrogen-bond acceptors (Lipinski definition) is 5. The molecule has 150 valence electrons. The van der Waals surface area contributed by atoms with E-state index in [-0.39, 0.29) is 16.4 Å². The highest BCUT2D eigenvalue weighted by Gasteiger charge is 2.45. The molecule has 1 aliphatic heterocycles. The van der Waals surface area contributed by atoms with Crippen LogP contribution in [-0.2, 0) is 23.8 Å². The van der Waals surface area contributed by atoms with Crippen LogP contribution in [0.5, 0.6) is 5.88 Å². The van der Waals surface area contributed by atoms with E-state index in [1.54, 1.807) is 13.3 Å². The van der Waals surface area contributed by atoms with Crippen LogP contribution < -0.4 is 10.3 Å². The number of rotatable bonds is 3. The Balaban J connectivity index is 1.63. The monoisotopic (exact) mass is 382 g/mol. The summed E-state index contributed by atoms with van der Waals surface area (Å²) in [5.41, 5.74) is 3.05. The third kappa shape index (κ3) is 3.46. The molecule has 0 saturated carbocycles. The van der Waals surface area contributed by atoms with Crippen molar-refractivity contribution in [3.8, 4) is 5.88 Å². The number of aromatic nitrogens is 3. The van der Waals surface area contributed by atoms with Crippen LogP contribution in [0.4, 0.5) is 0 Å². The fourth-order valence-corrected chi connectivity index (χ4v) is 4.68. The lowest BCUT2D eigenvalue weighted by Crippen LogP contribution is -2.45. The van der Waals surface area contributed by atoms with Crippen molar-refractivity contribution in [3.63, 3.8) is 0 Å². The van der Waals surface area contributed by atoms with Gasteiger partial charge in [0.25, 0.3) is 5.56 Å². The summed E-state index contributed by atoms with van der Waals surface area (Å²) < 4.78 is 5.26. The molecule has 2 aliphatic rings. The van der Waals surface area contributed by atoms with E-state index < -0.39 is 0 Å². The molecule has 1 aliphatic carbocycles. The third-order valence-corrected chi connectivity index (χ3v) is 6.15. The molecule has 1 N–H and O–H groups in total. The minimum atomic E-state index is -0.167. The molecule has 0 amide bonds. The predicted octanol–water partition coefficient (Wildman–Crippen LogP) is 2.95. The Morgan fingerprint density at radius 2 is 2.14 bits per heavy atom. The van der Waals surface area contributed by atoms with Crippen LogP contribution in [0, 0.1) is 0 Å². The molecule has 1 fully saturated rings. The standard InChI is InChI=1S/C22H30N4O2/c1-21(2,3)20-24-18-16(19(27)25-20)6-9-22(18)8-5-11-26(14-22)13-15-7-10-23-17(12-15)28-4/h7,10,12H,5-6,8-9,11,13-14H2,1-4H3,(H,24,25,27). The van der Waals surface area contributed by atoms with Crippen molar-refractivity contribution in [2.24, 2.45) is 0 Å². The van der Waals surface area contributed by atoms with E-state index in [0.29, 0.717) is 5.88 Å². The van der Waals surface area contributed by atoms with Gasteiger partial charge < -0.3 is 9.72 Å². The fourth-order valence-electron chi connectivity index (χ4n) is 4.68. The molecule has 2 aromatic rings. The Hall–Kier alpha value is -2.21. The lowest BCUT2D eigenvalue weighted by atomic mass is 9.77. The summed E-state index contributed by atoms with van der Waals surface area (Å²) in [6, 6.07) is 4.05. The number of aromatic amines is 1. The van der Waals surface area contributed by atoms with Gasteiger partial charge in [-0.1, -0.05) is 20.8 Å². The van der Waals surface area contributed by atoms with Crippen LogP contribution in [0.1, 0.15) is 62.7 Å². The zero-order valence-corrected chi connectivity index (χ0v) is 17.3. The summed E-state index contributed by atoms with van der Waals surface area (Å²) in [6.07, 6.45) is 5.88. The predicted molar refractivity (Wildman–Crippen MR) is 109 cm³/mol. The molecule has 6 nitrogen and oxygen atoms in total. The molecule has 1 saturated heterocycles. The molecule has 0 bridgehead atoms. The van der Waals surface area contributed by atoms with Gasteiger partial charge in [0.05, 0.1) is 12.8 Å². The van der Waals surface area contributed by atoms with Crippen LogP contribution in [0.25, 0.3) is 0 Å². The first-order valence-corrected chi connectivity index (χ1v) is 10.2. The smallest absolute Gasteiger partial charge is 0.254 e. The van der Waals surface area contributed by atoms with Crippen LogP contribution in [0.2, 0.25) is 0 Å². The minimum absolute atomic E-state index is 0.00103. The number of hydrogen-bond donors (Lipinski definition) is 1. The van der Waals surface area contributed by atoms with Crippen LogP contribution >= 0.6 is 0 Å². The van der Waals surface area contributed by atoms with Gasteiger partial charge in [-0.25, -0.2) is 9.97 Å². The Morgan fingerprint density at radius 1 is 1.32 bits per heavy atom. The van der Waals surface area contributed by atoms with Gasteiger partial charge >= 0.3 is 0 Å². The summed E-state index contributed by atoms with van der Waals surface area (Å²) in [7, 11) is 1.65. The van der Waals surface area contributed by atoms with Gasteiger partial charge in [0, 0.05) is 41.7 Å². The average Bonchev–Trinajstić information content (AvgIpc) is 3.00. The molecule has 0 aromatic carbocycles. The molecule has 1 spiro atoms. The molecule has 1 unspecified atom stereocenters. The lowest BCUT2D eigenvalue weighted by Gasteiger charge is -2.40. The molecule has 2 aromatic heterocycles. The van der Waals surface area contributed by atoms with Gasteiger partial charge in [-0.05, 0) is 43.9 Å². The number of fused-ring (bicyclic) bond motifs is 2. The summed E-state index contributed by atoms with van der Waals surface area (Å²) in [4.78, 5) is 27.5. The Bertz CT molecular complexity index is 931. The van der Waals surface area contributed by atoms with Gasteiger partial charge in [-0.15, -0.1) is 0 Å². The molecule has 1 atom stereocenters. The van der Waals surface area contributed by atoms with Crippen LogP contribution in [0.3, 0.4) is 0 Å². The first kappa shape index (κ1) is 19.1. The van der Waals surface area contributed by atoms with Crippen molar-refractivity contribution in [1.29, 1.82) is 0 Å². The number of methoxy groups -OCH3 is 1. The van der Waals surface area contributed by atoms with Crippen molar-refractivity contribution in [2.75, 3.05) is 20.2 Å². The van der Waals surface area contributed by atoms with Gasteiger partial charge in [-0.3, -0.25) is 9.69 Å². The maximum atomic E-state index is 12.7. The maximum Gasteiger partial charge on any atom is 0.254 e. The highest BCUT2D eigenvalue weighted by molar-refractivity contribution is 5.35. The second-order valence-corrected chi connectivity index (χ2v) is 9.29. The molecule has 6 heteroatoms. The van der Waals surface area contributed by atoms with Crippen molar-refractivity contribution in [2.45, 2.75) is 63.8 Å². The second kappa shape index (κ2) is 6.99. The summed E-state index contributed by atoms with van der Waals surface area (Å²) >= 11 is 0. The number of pyridine rings is 1. The quantitative estimate of drug-likeness (QED) is 0.884. The van der Waals surface area contributed by atoms with E-state index in [4.69, 9.17) is 9.72 Å². The first-order chi connectivity index (χ1) is 13.3. The fraction of sp³-hybridized carbons (Fsp3) is 0.591. The molecular formula is C22H30N4O2. The van der Waals surface area contributed by atoms with E-state index in [1.807, 2.05) is 12.1 Å². The third-order valence-electron chi connectivity index (χ3n) is 6.15. The SMILES string of the molecule is COc1cc(CN2CCCC3(CCc4c3nc(C(C)(C)C)[nH]c4=O)C2)ccn1. The van der Waals surface area contributed by atoms with E-state index >= 15 is 0 Å². The van der Waals surface area contributed by atoms with Gasteiger partial charge in [0.2, 0.25) is 5.88 Å². The number of piperidine rings is 1. The van der Waals surface area contributed by atoms with Gasteiger partial charge in [0.15, 0.2) is 0 Å². The van der Waals surface area contributed by atoms with E-state index in [0.717, 1.165) is 62.4 Å². The minimum Gasteiger partial charge on any atom is -0.481 e. The zero-order valence-electron chi connectivity index (χ0n) is 17.3. The number of nitrogens with zero attached hydrogens (tertiary/aromatic N) is 3. The molecular weight excluding hydrogens is 352 g/mol. The van der Waals surface area contributed by atoms with Gasteiger partial charge in [0.1, 0.15) is 5.82 Å². The summed E-state index contributed by atoms with van der Waals surface area (Å²) in [5.74, 6) is 1.45. The van der Waals surface area contributed by atoms with Crippen molar-refractivity contribution in [3.05, 3.63) is 51.3 Å². The first-order valence-electron chi connectivity index (χ1n) is 10.2. The molecule has 3 heterocycles. The molecule has 28 heavy (non-hydrogen) atoms. The zero-order chi connectivity index (χ0) is 19.9. The summed E-state index contributed by atoms with van der Waals surface area (Å²) in [5, 5.41) is 0. The summed E-state index contributed by atoms with van der Waals surface area (Å²) in [6.45, 7) is 9.18. The van der Waals surface area contributed by atoms with E-state index in [9.17, 15) is 4.79 Å². The normalized spacial score (nSPS) is 22.4.